The Hall–Kier alpha value is -1.68. The number of carbonyl (C=O) groups is 1. The van der Waals surface area contributed by atoms with Gasteiger partial charge in [-0.05, 0) is 50.4 Å². The first kappa shape index (κ1) is 21.0. The van der Waals surface area contributed by atoms with Crippen LogP contribution in [0.25, 0.3) is 0 Å². The predicted octanol–water partition coefficient (Wildman–Crippen LogP) is 4.12. The molecule has 0 bridgehead atoms. The Morgan fingerprint density at radius 2 is 2.11 bits per heavy atom. The molecule has 1 amide bonds. The molecule has 1 fully saturated rings. The molecule has 0 saturated heterocycles. The smallest absolute Gasteiger partial charge is 0.416 e. The molecule has 3 rings (SSSR count). The summed E-state index contributed by atoms with van der Waals surface area (Å²) in [6.07, 6.45) is 0.964. The van der Waals surface area contributed by atoms with E-state index in [-0.39, 0.29) is 11.6 Å². The minimum atomic E-state index is -1.39. The molecule has 2 N–H and O–H groups in total. The number of fused-ring (bicyclic) bond motifs is 1. The minimum absolute atomic E-state index is 0.144. The summed E-state index contributed by atoms with van der Waals surface area (Å²) in [6, 6.07) is 4.00. The van der Waals surface area contributed by atoms with Crippen molar-refractivity contribution in [1.82, 2.24) is 9.71 Å². The van der Waals surface area contributed by atoms with E-state index in [1.54, 1.807) is 27.8 Å². The average Bonchev–Trinajstić information content (AvgIpc) is 3.25. The summed E-state index contributed by atoms with van der Waals surface area (Å²) < 4.78 is 20.1. The lowest BCUT2D eigenvalue weighted by molar-refractivity contribution is -0.272. The van der Waals surface area contributed by atoms with Crippen LogP contribution in [0, 0.1) is 11.7 Å². The fourth-order valence-electron chi connectivity index (χ4n) is 3.37. The lowest BCUT2D eigenvalue weighted by Gasteiger charge is -2.26. The number of ether oxygens (including phenoxy) is 1. The molecule has 2 atom stereocenters. The van der Waals surface area contributed by atoms with Crippen molar-refractivity contribution in [3.63, 3.8) is 0 Å². The molecule has 1 heterocycles. The van der Waals surface area contributed by atoms with Gasteiger partial charge in [-0.2, -0.15) is 10.4 Å². The molecule has 0 spiro atoms. The van der Waals surface area contributed by atoms with Gasteiger partial charge in [0.15, 0.2) is 10.9 Å². The third-order valence-electron chi connectivity index (χ3n) is 4.93. The van der Waals surface area contributed by atoms with E-state index in [9.17, 15) is 19.6 Å². The lowest BCUT2D eigenvalue weighted by Crippen LogP contribution is -2.38. The number of hydrogen-bond acceptors (Lipinski definition) is 6. The highest BCUT2D eigenvalue weighted by molar-refractivity contribution is 8.13. The third kappa shape index (κ3) is 4.17. The Balaban J connectivity index is 1.98. The number of carbonyl (C=O) groups excluding carboxylic acids is 1. The molecule has 1 aromatic rings. The quantitative estimate of drug-likeness (QED) is 0.564. The Morgan fingerprint density at radius 1 is 1.43 bits per heavy atom. The van der Waals surface area contributed by atoms with Gasteiger partial charge in [-0.25, -0.2) is 9.18 Å². The van der Waals surface area contributed by atoms with E-state index in [4.69, 9.17) is 9.73 Å². The Bertz CT molecular complexity index is 818. The van der Waals surface area contributed by atoms with E-state index in [2.05, 4.69) is 0 Å². The van der Waals surface area contributed by atoms with Crippen LogP contribution < -0.4 is 4.81 Å². The largest absolute Gasteiger partial charge is 0.443 e. The van der Waals surface area contributed by atoms with Crippen molar-refractivity contribution in [2.24, 2.45) is 10.9 Å². The molecule has 0 unspecified atom stereocenters. The summed E-state index contributed by atoms with van der Waals surface area (Å²) in [5.41, 5.74) is -0.970. The predicted molar refractivity (Wildman–Crippen MR) is 106 cm³/mol. The van der Waals surface area contributed by atoms with Crippen LogP contribution in [0.4, 0.5) is 14.9 Å². The van der Waals surface area contributed by atoms with Crippen LogP contribution in [0.5, 0.6) is 0 Å². The second-order valence-electron chi connectivity index (χ2n) is 8.47. The van der Waals surface area contributed by atoms with Gasteiger partial charge in [0, 0.05) is 30.5 Å². The van der Waals surface area contributed by atoms with Crippen molar-refractivity contribution in [2.45, 2.75) is 44.8 Å². The standard InChI is InChI=1S/C19H27FN3O4S/c1-18(2,3)27-17(24)22(4)16-21-19(11-12(19)8-9-28-16)14-10-13(23(5,25)26)6-7-15(14)20/h6-7,10,12,25-26H,8-9,11H2,1-5H3/q+1/t12-,19+/m1/s1. The molecule has 154 valence electrons. The maximum atomic E-state index is 14.7. The highest BCUT2D eigenvalue weighted by atomic mass is 32.2. The number of nitrogens with zero attached hydrogens (tertiary/aromatic N) is 3. The van der Waals surface area contributed by atoms with Crippen LogP contribution in [0.1, 0.15) is 39.2 Å². The van der Waals surface area contributed by atoms with E-state index in [0.29, 0.717) is 17.2 Å². The van der Waals surface area contributed by atoms with Gasteiger partial charge in [-0.15, -0.1) is 0 Å². The van der Waals surface area contributed by atoms with Gasteiger partial charge < -0.3 is 4.74 Å². The van der Waals surface area contributed by atoms with E-state index in [1.165, 1.54) is 41.9 Å². The van der Waals surface area contributed by atoms with Crippen molar-refractivity contribution < 1.29 is 24.3 Å². The number of benzene rings is 1. The van der Waals surface area contributed by atoms with Crippen molar-refractivity contribution >= 4 is 28.7 Å². The van der Waals surface area contributed by atoms with Crippen molar-refractivity contribution in [3.8, 4) is 0 Å². The maximum Gasteiger partial charge on any atom is 0.416 e. The van der Waals surface area contributed by atoms with E-state index >= 15 is 0 Å². The molecule has 1 saturated carbocycles. The van der Waals surface area contributed by atoms with Crippen LogP contribution in [-0.4, -0.2) is 52.0 Å². The number of hydroxylamine groups is 2. The molecule has 1 aliphatic carbocycles. The van der Waals surface area contributed by atoms with Gasteiger partial charge in [-0.1, -0.05) is 11.8 Å². The van der Waals surface area contributed by atoms with Crippen LogP contribution >= 0.6 is 11.8 Å². The third-order valence-corrected chi connectivity index (χ3v) is 5.99. The number of quaternary nitrogens is 1. The van der Waals surface area contributed by atoms with Crippen LogP contribution in [0.15, 0.2) is 23.2 Å². The number of amides is 1. The molecule has 0 aromatic heterocycles. The van der Waals surface area contributed by atoms with Crippen LogP contribution in [0.3, 0.4) is 0 Å². The number of halogens is 1. The molecular formula is C19H27FN3O4S+. The first-order valence-corrected chi connectivity index (χ1v) is 10.1. The van der Waals surface area contributed by atoms with Crippen molar-refractivity contribution in [3.05, 3.63) is 29.6 Å². The molecule has 0 radical (unpaired) electrons. The van der Waals surface area contributed by atoms with E-state index in [0.717, 1.165) is 12.2 Å². The monoisotopic (exact) mass is 412 g/mol. The fourth-order valence-corrected chi connectivity index (χ4v) is 4.45. The highest BCUT2D eigenvalue weighted by Crippen LogP contribution is 2.60. The molecule has 1 aliphatic heterocycles. The maximum absolute atomic E-state index is 14.7. The first-order chi connectivity index (χ1) is 12.8. The summed E-state index contributed by atoms with van der Waals surface area (Å²) in [5, 5.41) is 20.2. The number of amidine groups is 1. The fraction of sp³-hybridized carbons (Fsp3) is 0.579. The van der Waals surface area contributed by atoms with Crippen LogP contribution in [0.2, 0.25) is 0 Å². The normalized spacial score (nSPS) is 24.7. The first-order valence-electron chi connectivity index (χ1n) is 9.15. The molecule has 9 heteroatoms. The summed E-state index contributed by atoms with van der Waals surface area (Å²) in [6.45, 7) is 5.37. The van der Waals surface area contributed by atoms with E-state index < -0.39 is 27.9 Å². The van der Waals surface area contributed by atoms with Crippen molar-refractivity contribution in [2.75, 3.05) is 19.8 Å². The molecular weight excluding hydrogens is 385 g/mol. The number of hydrogen-bond donors (Lipinski definition) is 2. The van der Waals surface area contributed by atoms with E-state index in [1.807, 2.05) is 0 Å². The van der Waals surface area contributed by atoms with Crippen LogP contribution in [-0.2, 0) is 10.3 Å². The van der Waals surface area contributed by atoms with Gasteiger partial charge in [-0.3, -0.25) is 9.89 Å². The molecule has 2 aliphatic rings. The summed E-state index contributed by atoms with van der Waals surface area (Å²) in [5.74, 6) is 0.452. The second-order valence-corrected chi connectivity index (χ2v) is 9.54. The zero-order valence-electron chi connectivity index (χ0n) is 16.8. The Labute approximate surface area is 168 Å². The number of rotatable bonds is 2. The lowest BCUT2D eigenvalue weighted by atomic mass is 10.0. The summed E-state index contributed by atoms with van der Waals surface area (Å²) in [7, 11) is 2.77. The van der Waals surface area contributed by atoms with Gasteiger partial charge in [0.05, 0.1) is 5.54 Å². The highest BCUT2D eigenvalue weighted by Gasteiger charge is 2.58. The topological polar surface area (TPSA) is 82.4 Å². The number of aliphatic imine (C=N–C) groups is 1. The van der Waals surface area contributed by atoms with Gasteiger partial charge >= 0.3 is 6.09 Å². The summed E-state index contributed by atoms with van der Waals surface area (Å²) >= 11 is 1.44. The zero-order chi connectivity index (χ0) is 20.9. The summed E-state index contributed by atoms with van der Waals surface area (Å²) in [4.78, 5) is 17.2. The Morgan fingerprint density at radius 3 is 2.71 bits per heavy atom. The molecule has 28 heavy (non-hydrogen) atoms. The zero-order valence-corrected chi connectivity index (χ0v) is 17.6. The minimum Gasteiger partial charge on any atom is -0.443 e. The number of thioether (sulfide) groups is 1. The van der Waals surface area contributed by atoms with Gasteiger partial charge in [0.2, 0.25) is 0 Å². The van der Waals surface area contributed by atoms with Crippen molar-refractivity contribution in [1.29, 1.82) is 0 Å². The second kappa shape index (κ2) is 6.98. The average molecular weight is 413 g/mol. The Kier molecular flexibility index (Phi) is 5.24. The SMILES string of the molecule is CN(C(=O)OC(C)(C)C)C1=N[C@@]2(c3cc([N+](C)(O)O)ccc3F)C[C@H]2CCS1. The van der Waals surface area contributed by atoms with Gasteiger partial charge in [0.25, 0.3) is 0 Å². The molecule has 1 aromatic carbocycles. The van der Waals surface area contributed by atoms with Gasteiger partial charge in [0.1, 0.15) is 18.5 Å². The molecule has 7 nitrogen and oxygen atoms in total.